The second kappa shape index (κ2) is 7.22. The van der Waals surface area contributed by atoms with Crippen LogP contribution >= 0.6 is 11.8 Å². The molecule has 1 amide bonds. The van der Waals surface area contributed by atoms with Crippen molar-refractivity contribution in [2.75, 3.05) is 11.9 Å². The van der Waals surface area contributed by atoms with Gasteiger partial charge >= 0.3 is 5.69 Å². The highest BCUT2D eigenvalue weighted by Gasteiger charge is 2.42. The third-order valence-electron chi connectivity index (χ3n) is 3.37. The van der Waals surface area contributed by atoms with Gasteiger partial charge in [-0.3, -0.25) is 9.36 Å². The van der Waals surface area contributed by atoms with Crippen LogP contribution in [0.1, 0.15) is 12.3 Å². The Labute approximate surface area is 146 Å². The minimum atomic E-state index is -1.83. The fraction of sp³-hybridized carbons (Fsp3) is 0.533. The Kier molecular flexibility index (Phi) is 5.69. The monoisotopic (exact) mass is 369 g/mol. The molecule has 2 N–H and O–H groups in total. The molecule has 7 nitrogen and oxygen atoms in total. The summed E-state index contributed by atoms with van der Waals surface area (Å²) < 4.78 is 7.60. The molecule has 0 spiro atoms. The molecule has 132 valence electrons. The van der Waals surface area contributed by atoms with Crippen LogP contribution in [0.25, 0.3) is 0 Å². The van der Waals surface area contributed by atoms with Gasteiger partial charge in [-0.05, 0) is 31.3 Å². The molecule has 2 heterocycles. The number of aliphatic hydroxyl groups is 1. The third-order valence-corrected chi connectivity index (χ3v) is 5.87. The van der Waals surface area contributed by atoms with Crippen LogP contribution in [0.15, 0.2) is 29.2 Å². The average molecular weight is 370 g/mol. The van der Waals surface area contributed by atoms with Crippen LogP contribution in [0.2, 0.25) is 19.6 Å². The normalized spacial score (nSPS) is 24.2. The van der Waals surface area contributed by atoms with Crippen molar-refractivity contribution < 1.29 is 14.3 Å². The number of hydrogen-bond acceptors (Lipinski definition) is 6. The minimum absolute atomic E-state index is 0.0541. The van der Waals surface area contributed by atoms with E-state index in [1.807, 2.05) is 0 Å². The molecule has 1 fully saturated rings. The second-order valence-electron chi connectivity index (χ2n) is 6.62. The second-order valence-corrected chi connectivity index (χ2v) is 12.4. The average Bonchev–Trinajstić information content (AvgIpc) is 2.74. The van der Waals surface area contributed by atoms with E-state index >= 15 is 0 Å². The van der Waals surface area contributed by atoms with Crippen LogP contribution < -0.4 is 11.0 Å². The molecule has 9 heteroatoms. The number of anilines is 1. The topological polar surface area (TPSA) is 93.4 Å². The molecule has 1 saturated heterocycles. The number of aromatic nitrogens is 2. The van der Waals surface area contributed by atoms with Crippen molar-refractivity contribution in [3.8, 4) is 0 Å². The molecule has 1 aliphatic rings. The molecule has 0 radical (unpaired) electrons. The summed E-state index contributed by atoms with van der Waals surface area (Å²) in [6.45, 7) is 11.6. The van der Waals surface area contributed by atoms with E-state index in [4.69, 9.17) is 4.43 Å². The number of rotatable bonds is 5. The molecule has 24 heavy (non-hydrogen) atoms. The maximum Gasteiger partial charge on any atom is 0.350 e. The molecule has 3 atom stereocenters. The predicted octanol–water partition coefficient (Wildman–Crippen LogP) is 1.58. The van der Waals surface area contributed by atoms with Gasteiger partial charge in [0.1, 0.15) is 11.2 Å². The van der Waals surface area contributed by atoms with Crippen molar-refractivity contribution in [3.63, 3.8) is 0 Å². The van der Waals surface area contributed by atoms with Crippen LogP contribution in [-0.4, -0.2) is 46.8 Å². The summed E-state index contributed by atoms with van der Waals surface area (Å²) in [6, 6.07) is 1.57. The molecule has 0 bridgehead atoms. The van der Waals surface area contributed by atoms with Gasteiger partial charge in [-0.15, -0.1) is 11.8 Å². The van der Waals surface area contributed by atoms with Gasteiger partial charge in [0.2, 0.25) is 5.91 Å². The summed E-state index contributed by atoms with van der Waals surface area (Å²) in [5.41, 5.74) is 0.267. The summed E-state index contributed by atoms with van der Waals surface area (Å²) in [6.07, 6.45) is 1.29. The van der Waals surface area contributed by atoms with Crippen molar-refractivity contribution in [2.24, 2.45) is 0 Å². The van der Waals surface area contributed by atoms with Gasteiger partial charge in [-0.25, -0.2) is 4.79 Å². The van der Waals surface area contributed by atoms with Crippen LogP contribution in [0.5, 0.6) is 0 Å². The Morgan fingerprint density at radius 3 is 2.71 bits per heavy atom. The van der Waals surface area contributed by atoms with Crippen LogP contribution in [-0.2, 0) is 9.22 Å². The Morgan fingerprint density at radius 1 is 1.54 bits per heavy atom. The number of nitrogens with one attached hydrogen (secondary N) is 1. The molecule has 0 aliphatic carbocycles. The van der Waals surface area contributed by atoms with E-state index in [2.05, 4.69) is 36.5 Å². The zero-order chi connectivity index (χ0) is 18.1. The highest BCUT2D eigenvalue weighted by molar-refractivity contribution is 8.00. The predicted molar refractivity (Wildman–Crippen MR) is 97.7 cm³/mol. The van der Waals surface area contributed by atoms with Crippen molar-refractivity contribution >= 4 is 31.8 Å². The maximum absolute atomic E-state index is 12.3. The zero-order valence-corrected chi connectivity index (χ0v) is 16.1. The molecule has 1 aromatic rings. The first-order chi connectivity index (χ1) is 11.1. The van der Waals surface area contributed by atoms with E-state index < -0.39 is 14.0 Å². The number of amides is 1. The van der Waals surface area contributed by atoms with Crippen molar-refractivity contribution in [1.82, 2.24) is 9.55 Å². The minimum Gasteiger partial charge on any atom is -0.410 e. The van der Waals surface area contributed by atoms with Gasteiger partial charge in [-0.2, -0.15) is 4.98 Å². The first kappa shape index (κ1) is 18.9. The summed E-state index contributed by atoms with van der Waals surface area (Å²) in [7, 11) is -1.83. The molecule has 0 aromatic carbocycles. The number of carbonyl (C=O) groups excluding carboxylic acids is 1. The Hall–Kier alpha value is -1.42. The molecule has 1 aromatic heterocycles. The highest BCUT2D eigenvalue weighted by Crippen LogP contribution is 2.46. The van der Waals surface area contributed by atoms with E-state index in [-0.39, 0.29) is 35.1 Å². The lowest BCUT2D eigenvalue weighted by atomic mass is 10.1. The van der Waals surface area contributed by atoms with Crippen LogP contribution in [0.3, 0.4) is 0 Å². The van der Waals surface area contributed by atoms with Crippen LogP contribution in [0.4, 0.5) is 5.82 Å². The van der Waals surface area contributed by atoms with E-state index in [0.717, 1.165) is 5.57 Å². The fourth-order valence-corrected chi connectivity index (χ4v) is 5.03. The number of carbonyl (C=O) groups is 1. The summed E-state index contributed by atoms with van der Waals surface area (Å²) in [5.74, 6) is -0.0748. The highest BCUT2D eigenvalue weighted by atomic mass is 32.2. The van der Waals surface area contributed by atoms with Gasteiger partial charge in [-0.1, -0.05) is 6.58 Å². The maximum atomic E-state index is 12.3. The van der Waals surface area contributed by atoms with Gasteiger partial charge in [0.15, 0.2) is 8.32 Å². The number of thioether (sulfide) groups is 1. The molecule has 1 aliphatic heterocycles. The summed E-state index contributed by atoms with van der Waals surface area (Å²) in [4.78, 5) is 27.2. The van der Waals surface area contributed by atoms with Gasteiger partial charge in [0.25, 0.3) is 0 Å². The first-order valence-electron chi connectivity index (χ1n) is 7.62. The third kappa shape index (κ3) is 4.35. The Morgan fingerprint density at radius 2 is 2.21 bits per heavy atom. The smallest absolute Gasteiger partial charge is 0.350 e. The van der Waals surface area contributed by atoms with Crippen LogP contribution in [0, 0.1) is 0 Å². The fourth-order valence-electron chi connectivity index (χ4n) is 2.46. The largest absolute Gasteiger partial charge is 0.410 e. The lowest BCUT2D eigenvalue weighted by molar-refractivity contribution is -0.114. The van der Waals surface area contributed by atoms with Gasteiger partial charge < -0.3 is 14.8 Å². The van der Waals surface area contributed by atoms with E-state index in [9.17, 15) is 14.7 Å². The van der Waals surface area contributed by atoms with Crippen molar-refractivity contribution in [1.29, 1.82) is 0 Å². The van der Waals surface area contributed by atoms with E-state index in [1.165, 1.54) is 23.3 Å². The molecular formula is C15H23N3O4SSi. The number of aliphatic hydroxyl groups excluding tert-OH is 1. The summed E-state index contributed by atoms with van der Waals surface area (Å²) >= 11 is 1.44. The van der Waals surface area contributed by atoms with Gasteiger partial charge in [0, 0.05) is 13.1 Å². The van der Waals surface area contributed by atoms with Crippen molar-refractivity contribution in [3.05, 3.63) is 34.9 Å². The Bertz CT molecular complexity index is 701. The SMILES string of the molecule is C=C1[C@H](O[Si](C)(C)C)[C@@H](CO)S[C@@H]1n1ccc(NC(C)=O)nc1=O. The molecular weight excluding hydrogens is 346 g/mol. The first-order valence-corrected chi connectivity index (χ1v) is 12.0. The number of nitrogens with zero attached hydrogens (tertiary/aromatic N) is 2. The zero-order valence-electron chi connectivity index (χ0n) is 14.3. The molecule has 2 rings (SSSR count). The summed E-state index contributed by atoms with van der Waals surface area (Å²) in [5, 5.41) is 11.6. The quantitative estimate of drug-likeness (QED) is 0.605. The lowest BCUT2D eigenvalue weighted by Crippen LogP contribution is -2.37. The molecule has 0 unspecified atom stereocenters. The van der Waals surface area contributed by atoms with Gasteiger partial charge in [0.05, 0.1) is 18.0 Å². The Balaban J connectivity index is 2.28. The standard InChI is InChI=1S/C15H23N3O4SSi/c1-9-13(22-24(3,4)5)11(8-19)23-14(9)18-7-6-12(16-10(2)20)17-15(18)21/h6-7,11,13-14,19H,1,8H2,2-5H3,(H,16,17,20,21)/t11-,13+,14+/m1/s1. The van der Waals surface area contributed by atoms with Crippen molar-refractivity contribution in [2.45, 2.75) is 43.3 Å². The lowest BCUT2D eigenvalue weighted by Gasteiger charge is -2.27. The number of hydrogen-bond donors (Lipinski definition) is 2. The molecule has 0 saturated carbocycles. The van der Waals surface area contributed by atoms with E-state index in [1.54, 1.807) is 12.3 Å². The van der Waals surface area contributed by atoms with E-state index in [0.29, 0.717) is 0 Å².